The molecule has 0 bridgehead atoms. The quantitative estimate of drug-likeness (QED) is 0.639. The Morgan fingerprint density at radius 2 is 1.92 bits per heavy atom. The van der Waals surface area contributed by atoms with Gasteiger partial charge in [-0.15, -0.1) is 0 Å². The molecule has 0 atom stereocenters. The van der Waals surface area contributed by atoms with Crippen LogP contribution in [-0.2, 0) is 4.43 Å². The third-order valence-corrected chi connectivity index (χ3v) is 28.6. The minimum Gasteiger partial charge on any atom is -0.428 e. The lowest BCUT2D eigenvalue weighted by atomic mass is 10.6. The molecule has 1 rings (SSSR count). The van der Waals surface area contributed by atoms with Gasteiger partial charge >= 0.3 is 0 Å². The van der Waals surface area contributed by atoms with Crippen molar-refractivity contribution in [3.8, 4) is 0 Å². The lowest BCUT2D eigenvalue weighted by molar-refractivity contribution is 0.365. The molecule has 1 fully saturated rings. The summed E-state index contributed by atoms with van der Waals surface area (Å²) in [5.41, 5.74) is 0. The van der Waals surface area contributed by atoms with Gasteiger partial charge in [0.1, 0.15) is 9.28 Å². The summed E-state index contributed by atoms with van der Waals surface area (Å²) in [5, 5.41) is 0. The van der Waals surface area contributed by atoms with E-state index in [-0.39, 0.29) is 9.28 Å². The molecular formula is C8H22OSi3. The second kappa shape index (κ2) is 5.36. The van der Waals surface area contributed by atoms with Gasteiger partial charge in [0.15, 0.2) is 0 Å². The fourth-order valence-electron chi connectivity index (χ4n) is 2.49. The SMILES string of the molecule is CCC[Si]1(CCC)CCO[SiH2][SiH2]1. The average Bonchev–Trinajstić information content (AvgIpc) is 2.07. The smallest absolute Gasteiger partial charge is 0.141 e. The van der Waals surface area contributed by atoms with Crippen LogP contribution in [0.5, 0.6) is 0 Å². The molecular weight excluding hydrogens is 196 g/mol. The molecule has 1 saturated heterocycles. The standard InChI is InChI=1S/C8H22OSi3/c1-3-6-12(7-4-2)8-5-9-10-11-12/h3-8,10-11H2,1-2H3. The normalized spacial score (nSPS) is 26.5. The Hall–Kier alpha value is 0.611. The largest absolute Gasteiger partial charge is 0.428 e. The summed E-state index contributed by atoms with van der Waals surface area (Å²) in [6, 6.07) is 4.82. The zero-order valence-corrected chi connectivity index (χ0v) is 12.4. The van der Waals surface area contributed by atoms with E-state index < -0.39 is 7.59 Å². The molecule has 0 aromatic carbocycles. The monoisotopic (exact) mass is 218 g/mol. The Labute approximate surface area is 81.6 Å². The van der Waals surface area contributed by atoms with Crippen molar-refractivity contribution in [2.75, 3.05) is 6.61 Å². The molecule has 4 heteroatoms. The van der Waals surface area contributed by atoms with Crippen molar-refractivity contribution < 1.29 is 4.43 Å². The fourth-order valence-corrected chi connectivity index (χ4v) is 27.0. The number of rotatable bonds is 4. The van der Waals surface area contributed by atoms with Gasteiger partial charge in [-0.2, -0.15) is 0 Å². The van der Waals surface area contributed by atoms with Crippen LogP contribution in [0.3, 0.4) is 0 Å². The third-order valence-electron chi connectivity index (χ3n) is 3.11. The van der Waals surface area contributed by atoms with Gasteiger partial charge in [0.2, 0.25) is 0 Å². The van der Waals surface area contributed by atoms with Crippen molar-refractivity contribution in [3.63, 3.8) is 0 Å². The predicted octanol–water partition coefficient (Wildman–Crippen LogP) is 0.950. The van der Waals surface area contributed by atoms with Gasteiger partial charge < -0.3 is 4.43 Å². The van der Waals surface area contributed by atoms with Crippen LogP contribution in [0.2, 0.25) is 18.1 Å². The highest BCUT2D eigenvalue weighted by atomic mass is 29.6. The van der Waals surface area contributed by atoms with Gasteiger partial charge in [-0.3, -0.25) is 0 Å². The second-order valence-electron chi connectivity index (χ2n) is 4.11. The first-order valence-electron chi connectivity index (χ1n) is 5.41. The second-order valence-corrected chi connectivity index (χ2v) is 21.7. The summed E-state index contributed by atoms with van der Waals surface area (Å²) in [7, 11) is -0.194. The molecule has 1 heterocycles. The summed E-state index contributed by atoms with van der Waals surface area (Å²) in [6.45, 7) is 5.90. The van der Waals surface area contributed by atoms with Crippen LogP contribution < -0.4 is 0 Å². The molecule has 1 aliphatic rings. The lowest BCUT2D eigenvalue weighted by Gasteiger charge is -2.34. The molecule has 0 saturated carbocycles. The van der Waals surface area contributed by atoms with Gasteiger partial charge in [0.25, 0.3) is 0 Å². The van der Waals surface area contributed by atoms with Crippen LogP contribution in [0.15, 0.2) is 0 Å². The summed E-state index contributed by atoms with van der Waals surface area (Å²) >= 11 is 0. The Morgan fingerprint density at radius 3 is 2.33 bits per heavy atom. The Kier molecular flexibility index (Phi) is 4.78. The first-order chi connectivity index (χ1) is 5.83. The first-order valence-corrected chi connectivity index (χ1v) is 14.9. The molecule has 1 nitrogen and oxygen atoms in total. The summed E-state index contributed by atoms with van der Waals surface area (Å²) in [6.07, 6.45) is 2.90. The maximum Gasteiger partial charge on any atom is 0.141 e. The molecule has 0 spiro atoms. The van der Waals surface area contributed by atoms with Crippen LogP contribution in [-0.4, -0.2) is 32.0 Å². The Bertz CT molecular complexity index is 108. The van der Waals surface area contributed by atoms with Crippen LogP contribution in [0, 0.1) is 0 Å². The maximum atomic E-state index is 5.65. The third kappa shape index (κ3) is 2.83. The Morgan fingerprint density at radius 1 is 1.25 bits per heavy atom. The Balaban J connectivity index is 2.44. The molecule has 72 valence electrons. The van der Waals surface area contributed by atoms with Crippen molar-refractivity contribution in [2.24, 2.45) is 0 Å². The van der Waals surface area contributed by atoms with E-state index >= 15 is 0 Å². The topological polar surface area (TPSA) is 9.23 Å². The van der Waals surface area contributed by atoms with Crippen molar-refractivity contribution in [2.45, 2.75) is 44.8 Å². The van der Waals surface area contributed by atoms with Crippen molar-refractivity contribution in [1.82, 2.24) is 0 Å². The van der Waals surface area contributed by atoms with E-state index in [1.807, 2.05) is 0 Å². The van der Waals surface area contributed by atoms with Gasteiger partial charge in [0.05, 0.1) is 0 Å². The fraction of sp³-hybridized carbons (Fsp3) is 1.00. The summed E-state index contributed by atoms with van der Waals surface area (Å²) in [4.78, 5) is 0. The molecule has 0 amide bonds. The van der Waals surface area contributed by atoms with Crippen LogP contribution in [0.1, 0.15) is 26.7 Å². The van der Waals surface area contributed by atoms with Crippen molar-refractivity contribution in [1.29, 1.82) is 0 Å². The number of hydrogen-bond acceptors (Lipinski definition) is 1. The predicted molar refractivity (Wildman–Crippen MR) is 63.8 cm³/mol. The van der Waals surface area contributed by atoms with Crippen molar-refractivity contribution in [3.05, 3.63) is 0 Å². The highest BCUT2D eigenvalue weighted by molar-refractivity contribution is 7.43. The van der Waals surface area contributed by atoms with Crippen LogP contribution in [0.25, 0.3) is 0 Å². The summed E-state index contributed by atoms with van der Waals surface area (Å²) < 4.78 is 5.65. The van der Waals surface area contributed by atoms with Crippen molar-refractivity contribution >= 4 is 25.4 Å². The van der Waals surface area contributed by atoms with Gasteiger partial charge in [-0.1, -0.05) is 38.8 Å². The molecule has 0 radical (unpaired) electrons. The highest BCUT2D eigenvalue weighted by Gasteiger charge is 2.33. The van der Waals surface area contributed by atoms with E-state index in [0.717, 1.165) is 6.61 Å². The van der Waals surface area contributed by atoms with Crippen LogP contribution in [0.4, 0.5) is 0 Å². The molecule has 0 unspecified atom stereocenters. The van der Waals surface area contributed by atoms with Gasteiger partial charge in [0, 0.05) is 22.8 Å². The van der Waals surface area contributed by atoms with Crippen LogP contribution >= 0.6 is 0 Å². The molecule has 0 N–H and O–H groups in total. The first kappa shape index (κ1) is 10.7. The maximum absolute atomic E-state index is 5.65. The van der Waals surface area contributed by atoms with E-state index in [1.165, 1.54) is 18.9 Å². The highest BCUT2D eigenvalue weighted by Crippen LogP contribution is 2.25. The number of hydrogen-bond donors (Lipinski definition) is 0. The lowest BCUT2D eigenvalue weighted by Crippen LogP contribution is -2.49. The average molecular weight is 219 g/mol. The minimum atomic E-state index is -0.607. The molecule has 0 aromatic rings. The summed E-state index contributed by atoms with van der Waals surface area (Å²) in [5.74, 6) is 0. The minimum absolute atomic E-state index is 0.0644. The molecule has 0 aliphatic carbocycles. The van der Waals surface area contributed by atoms with E-state index in [9.17, 15) is 0 Å². The molecule has 0 aromatic heterocycles. The molecule has 1 aliphatic heterocycles. The van der Waals surface area contributed by atoms with Gasteiger partial charge in [-0.05, 0) is 6.04 Å². The van der Waals surface area contributed by atoms with E-state index in [1.54, 1.807) is 12.1 Å². The van der Waals surface area contributed by atoms with E-state index in [0.29, 0.717) is 8.55 Å². The zero-order chi connectivity index (χ0) is 8.86. The van der Waals surface area contributed by atoms with Gasteiger partial charge in [-0.25, -0.2) is 0 Å². The van der Waals surface area contributed by atoms with E-state index in [4.69, 9.17) is 4.43 Å². The van der Waals surface area contributed by atoms with E-state index in [2.05, 4.69) is 13.8 Å². The zero-order valence-electron chi connectivity index (χ0n) is 8.57. The molecule has 12 heavy (non-hydrogen) atoms.